The third-order valence-electron chi connectivity index (χ3n) is 3.20. The number of para-hydroxylation sites is 1. The van der Waals surface area contributed by atoms with Crippen LogP contribution in [0.3, 0.4) is 0 Å². The molecule has 0 heterocycles. The van der Waals surface area contributed by atoms with E-state index in [2.05, 4.69) is 5.32 Å². The Kier molecular flexibility index (Phi) is 7.22. The molecule has 0 aromatic heterocycles. The minimum Gasteiger partial charge on any atom is -0.479 e. The molecule has 0 aliphatic carbocycles. The average Bonchev–Trinajstić information content (AvgIpc) is 2.61. The molecule has 0 unspecified atom stereocenters. The number of rotatable bonds is 8. The van der Waals surface area contributed by atoms with Crippen molar-refractivity contribution in [3.8, 4) is 5.75 Å². The molecule has 0 saturated carbocycles. The number of carbonyl (C=O) groups excluding carboxylic acids is 2. The highest BCUT2D eigenvalue weighted by molar-refractivity contribution is 6.30. The summed E-state index contributed by atoms with van der Waals surface area (Å²) in [6, 6.07) is 13.0. The van der Waals surface area contributed by atoms with Gasteiger partial charge in [-0.2, -0.15) is 0 Å². The van der Waals surface area contributed by atoms with E-state index >= 15 is 0 Å². The molecule has 5 nitrogen and oxygen atoms in total. The van der Waals surface area contributed by atoms with Gasteiger partial charge in [0, 0.05) is 11.6 Å². The second-order valence-corrected chi connectivity index (χ2v) is 5.54. The minimum atomic E-state index is -0.754. The third kappa shape index (κ3) is 6.81. The Labute approximate surface area is 149 Å². The monoisotopic (exact) mass is 365 g/mol. The van der Waals surface area contributed by atoms with E-state index in [-0.39, 0.29) is 5.75 Å². The van der Waals surface area contributed by atoms with Crippen LogP contribution in [0.4, 0.5) is 4.39 Å². The molecule has 0 bridgehead atoms. The van der Waals surface area contributed by atoms with Crippen molar-refractivity contribution in [2.45, 2.75) is 6.42 Å². The number of halogens is 2. The Morgan fingerprint density at radius 3 is 2.48 bits per heavy atom. The SMILES string of the molecule is O=C(COC(=O)COc1ccccc1F)NCCc1ccc(Cl)cc1. The molecule has 1 N–H and O–H groups in total. The molecule has 0 radical (unpaired) electrons. The summed E-state index contributed by atoms with van der Waals surface area (Å²) in [7, 11) is 0. The summed E-state index contributed by atoms with van der Waals surface area (Å²) < 4.78 is 23.1. The molecule has 25 heavy (non-hydrogen) atoms. The van der Waals surface area contributed by atoms with Gasteiger partial charge in [0.1, 0.15) is 0 Å². The van der Waals surface area contributed by atoms with Gasteiger partial charge in [0.25, 0.3) is 5.91 Å². The second kappa shape index (κ2) is 9.64. The zero-order chi connectivity index (χ0) is 18.1. The Bertz CT molecular complexity index is 721. The predicted molar refractivity (Wildman–Crippen MR) is 91.0 cm³/mol. The van der Waals surface area contributed by atoms with E-state index < -0.39 is 30.9 Å². The summed E-state index contributed by atoms with van der Waals surface area (Å²) in [6.07, 6.45) is 0.632. The molecule has 0 atom stereocenters. The van der Waals surface area contributed by atoms with Gasteiger partial charge in [-0.15, -0.1) is 0 Å². The highest BCUT2D eigenvalue weighted by Crippen LogP contribution is 2.15. The van der Waals surface area contributed by atoms with E-state index in [1.807, 2.05) is 12.1 Å². The highest BCUT2D eigenvalue weighted by atomic mass is 35.5. The largest absolute Gasteiger partial charge is 0.479 e. The average molecular weight is 366 g/mol. The lowest BCUT2D eigenvalue weighted by atomic mass is 10.1. The van der Waals surface area contributed by atoms with E-state index in [0.717, 1.165) is 5.56 Å². The van der Waals surface area contributed by atoms with Crippen LogP contribution in [0.5, 0.6) is 5.75 Å². The lowest BCUT2D eigenvalue weighted by Gasteiger charge is -2.08. The smallest absolute Gasteiger partial charge is 0.344 e. The van der Waals surface area contributed by atoms with Crippen LogP contribution in [0.2, 0.25) is 5.02 Å². The van der Waals surface area contributed by atoms with Gasteiger partial charge in [-0.25, -0.2) is 9.18 Å². The van der Waals surface area contributed by atoms with Gasteiger partial charge in [0.15, 0.2) is 24.8 Å². The molecule has 2 aromatic rings. The van der Waals surface area contributed by atoms with Crippen LogP contribution in [0.25, 0.3) is 0 Å². The number of carbonyl (C=O) groups is 2. The van der Waals surface area contributed by atoms with E-state index in [0.29, 0.717) is 18.0 Å². The van der Waals surface area contributed by atoms with Crippen molar-refractivity contribution in [2.24, 2.45) is 0 Å². The topological polar surface area (TPSA) is 64.6 Å². The summed E-state index contributed by atoms with van der Waals surface area (Å²) in [6.45, 7) is -0.483. The molecule has 1 amide bonds. The standard InChI is InChI=1S/C18H17ClFNO4/c19-14-7-5-13(6-8-14)9-10-21-17(22)11-25-18(23)12-24-16-4-2-1-3-15(16)20/h1-8H,9-12H2,(H,21,22). The second-order valence-electron chi connectivity index (χ2n) is 5.11. The highest BCUT2D eigenvalue weighted by Gasteiger charge is 2.10. The van der Waals surface area contributed by atoms with Crippen LogP contribution < -0.4 is 10.1 Å². The maximum Gasteiger partial charge on any atom is 0.344 e. The number of benzene rings is 2. The first-order valence-electron chi connectivity index (χ1n) is 7.58. The van der Waals surface area contributed by atoms with Crippen LogP contribution in [0, 0.1) is 5.82 Å². The first kappa shape index (κ1) is 18.7. The number of nitrogens with one attached hydrogen (secondary N) is 1. The fourth-order valence-electron chi connectivity index (χ4n) is 1.93. The van der Waals surface area contributed by atoms with Crippen LogP contribution in [0.15, 0.2) is 48.5 Å². The Hall–Kier alpha value is -2.60. The van der Waals surface area contributed by atoms with Crippen LogP contribution in [-0.2, 0) is 20.7 Å². The lowest BCUT2D eigenvalue weighted by Crippen LogP contribution is -2.31. The number of hydrogen-bond acceptors (Lipinski definition) is 4. The zero-order valence-corrected chi connectivity index (χ0v) is 14.1. The predicted octanol–water partition coefficient (Wildman–Crippen LogP) is 2.76. The Morgan fingerprint density at radius 2 is 1.76 bits per heavy atom. The van der Waals surface area contributed by atoms with Crippen molar-refractivity contribution in [1.82, 2.24) is 5.32 Å². The molecule has 2 rings (SSSR count). The van der Waals surface area contributed by atoms with Gasteiger partial charge < -0.3 is 14.8 Å². The quantitative estimate of drug-likeness (QED) is 0.731. The molecule has 2 aromatic carbocycles. The normalized spacial score (nSPS) is 10.2. The maximum atomic E-state index is 13.3. The van der Waals surface area contributed by atoms with E-state index in [4.69, 9.17) is 21.1 Å². The van der Waals surface area contributed by atoms with Gasteiger partial charge in [-0.1, -0.05) is 35.9 Å². The van der Waals surface area contributed by atoms with Crippen LogP contribution in [-0.4, -0.2) is 31.6 Å². The van der Waals surface area contributed by atoms with Crippen molar-refractivity contribution >= 4 is 23.5 Å². The van der Waals surface area contributed by atoms with Gasteiger partial charge in [0.2, 0.25) is 0 Å². The summed E-state index contributed by atoms with van der Waals surface area (Å²) in [5.41, 5.74) is 1.03. The maximum absolute atomic E-state index is 13.3. The van der Waals surface area contributed by atoms with Crippen LogP contribution >= 0.6 is 11.6 Å². The number of hydrogen-bond donors (Lipinski definition) is 1. The summed E-state index contributed by atoms with van der Waals surface area (Å²) in [4.78, 5) is 23.1. The first-order valence-corrected chi connectivity index (χ1v) is 7.96. The van der Waals surface area contributed by atoms with Gasteiger partial charge in [0.05, 0.1) is 0 Å². The Balaban J connectivity index is 1.61. The number of ether oxygens (including phenoxy) is 2. The molecule has 0 spiro atoms. The fourth-order valence-corrected chi connectivity index (χ4v) is 2.06. The third-order valence-corrected chi connectivity index (χ3v) is 3.45. The first-order chi connectivity index (χ1) is 12.0. The zero-order valence-electron chi connectivity index (χ0n) is 13.3. The molecule has 0 aliphatic heterocycles. The minimum absolute atomic E-state index is 0.0492. The molecular weight excluding hydrogens is 349 g/mol. The van der Waals surface area contributed by atoms with Crippen molar-refractivity contribution in [3.63, 3.8) is 0 Å². The molecule has 132 valence electrons. The number of esters is 1. The van der Waals surface area contributed by atoms with Gasteiger partial charge >= 0.3 is 5.97 Å². The van der Waals surface area contributed by atoms with E-state index in [1.54, 1.807) is 18.2 Å². The van der Waals surface area contributed by atoms with E-state index in [1.165, 1.54) is 18.2 Å². The molecule has 0 fully saturated rings. The lowest BCUT2D eigenvalue weighted by molar-refractivity contribution is -0.150. The van der Waals surface area contributed by atoms with Gasteiger partial charge in [-0.05, 0) is 36.2 Å². The van der Waals surface area contributed by atoms with Crippen molar-refractivity contribution < 1.29 is 23.5 Å². The number of amides is 1. The molecule has 7 heteroatoms. The van der Waals surface area contributed by atoms with Crippen molar-refractivity contribution in [1.29, 1.82) is 0 Å². The van der Waals surface area contributed by atoms with Crippen molar-refractivity contribution in [2.75, 3.05) is 19.8 Å². The Morgan fingerprint density at radius 1 is 1.04 bits per heavy atom. The van der Waals surface area contributed by atoms with Gasteiger partial charge in [-0.3, -0.25) is 4.79 Å². The molecule has 0 aliphatic rings. The summed E-state index contributed by atoms with van der Waals surface area (Å²) >= 11 is 5.79. The fraction of sp³-hybridized carbons (Fsp3) is 0.222. The summed E-state index contributed by atoms with van der Waals surface area (Å²) in [5.74, 6) is -1.80. The van der Waals surface area contributed by atoms with Crippen molar-refractivity contribution in [3.05, 3.63) is 64.9 Å². The van der Waals surface area contributed by atoms with E-state index in [9.17, 15) is 14.0 Å². The summed E-state index contributed by atoms with van der Waals surface area (Å²) in [5, 5.41) is 3.28. The van der Waals surface area contributed by atoms with Crippen LogP contribution in [0.1, 0.15) is 5.56 Å². The molecule has 0 saturated heterocycles. The molecular formula is C18H17ClFNO4.